The average Bonchev–Trinajstić information content (AvgIpc) is 1.52. The molecule has 0 aliphatic heterocycles. The Bertz CT molecular complexity index is 65.7. The Hall–Kier alpha value is -0.160. The van der Waals surface area contributed by atoms with Crippen molar-refractivity contribution in [2.24, 2.45) is 22.9 Å². The van der Waals surface area contributed by atoms with Crippen molar-refractivity contribution in [2.75, 3.05) is 6.67 Å². The highest BCUT2D eigenvalue weighted by molar-refractivity contribution is 4.60. The third kappa shape index (κ3) is 75800. The molecule has 0 aromatic heterocycles. The van der Waals surface area contributed by atoms with E-state index in [0.29, 0.717) is 0 Å². The molecule has 0 unspecified atom stereocenters. The van der Waals surface area contributed by atoms with E-state index in [2.05, 4.69) is 11.5 Å². The van der Waals surface area contributed by atoms with E-state index in [1.165, 1.54) is 0 Å². The van der Waals surface area contributed by atoms with Crippen LogP contribution in [-0.2, 0) is 0 Å². The molecule has 0 radical (unpaired) electrons. The van der Waals surface area contributed by atoms with Gasteiger partial charge in [-0.25, -0.2) is 0 Å². The SMILES string of the molecule is C.C.CC(C)(C)N.CC(C)(C)N.NCN. The van der Waals surface area contributed by atoms with Crippen molar-refractivity contribution in [1.29, 1.82) is 0 Å². The number of nitrogens with two attached hydrogens (primary N) is 4. The molecule has 4 nitrogen and oxygen atoms in total. The molecule has 100 valence electrons. The van der Waals surface area contributed by atoms with Crippen LogP contribution in [0.25, 0.3) is 0 Å². The maximum Gasteiger partial charge on any atom is 0.0403 e. The first-order valence-electron chi connectivity index (χ1n) is 4.39. The minimum absolute atomic E-state index is 0. The van der Waals surface area contributed by atoms with Crippen LogP contribution >= 0.6 is 0 Å². The van der Waals surface area contributed by atoms with Crippen molar-refractivity contribution < 1.29 is 0 Å². The smallest absolute Gasteiger partial charge is 0.0403 e. The largest absolute Gasteiger partial charge is 0.326 e. The molecule has 0 rings (SSSR count). The van der Waals surface area contributed by atoms with Crippen molar-refractivity contribution >= 4 is 0 Å². The fourth-order valence-corrected chi connectivity index (χ4v) is 0. The molecule has 0 atom stereocenters. The van der Waals surface area contributed by atoms with Gasteiger partial charge in [0.1, 0.15) is 0 Å². The second-order valence-corrected chi connectivity index (χ2v) is 4.97. The quantitative estimate of drug-likeness (QED) is 0.469. The number of hydrogen-bond acceptors (Lipinski definition) is 4. The molecule has 0 aliphatic carbocycles. The first kappa shape index (κ1) is 29.4. The van der Waals surface area contributed by atoms with Gasteiger partial charge in [0.25, 0.3) is 0 Å². The zero-order valence-corrected chi connectivity index (χ0v) is 10.0. The van der Waals surface area contributed by atoms with E-state index in [9.17, 15) is 0 Å². The van der Waals surface area contributed by atoms with Crippen LogP contribution in [0.4, 0.5) is 0 Å². The van der Waals surface area contributed by atoms with Gasteiger partial charge in [-0.1, -0.05) is 14.9 Å². The number of hydrogen-bond donors (Lipinski definition) is 4. The number of rotatable bonds is 0. The molecule has 0 aromatic rings. The molecule has 0 saturated carbocycles. The van der Waals surface area contributed by atoms with Crippen LogP contribution in [0.15, 0.2) is 0 Å². The minimum atomic E-state index is 0. The lowest BCUT2D eigenvalue weighted by atomic mass is 10.1. The second-order valence-electron chi connectivity index (χ2n) is 4.97. The zero-order chi connectivity index (χ0) is 11.7. The lowest BCUT2D eigenvalue weighted by molar-refractivity contribution is 0.579. The van der Waals surface area contributed by atoms with Crippen molar-refractivity contribution in [3.8, 4) is 0 Å². The summed E-state index contributed by atoms with van der Waals surface area (Å²) >= 11 is 0. The van der Waals surface area contributed by atoms with Crippen LogP contribution < -0.4 is 22.9 Å². The molecular weight excluding hydrogens is 188 g/mol. The van der Waals surface area contributed by atoms with Gasteiger partial charge >= 0.3 is 0 Å². The average molecular weight is 224 g/mol. The van der Waals surface area contributed by atoms with E-state index >= 15 is 0 Å². The van der Waals surface area contributed by atoms with Crippen molar-refractivity contribution in [1.82, 2.24) is 0 Å². The lowest BCUT2D eigenvalue weighted by Gasteiger charge is -2.06. The van der Waals surface area contributed by atoms with Gasteiger partial charge < -0.3 is 22.9 Å². The highest BCUT2D eigenvalue weighted by Gasteiger charge is 1.95. The topological polar surface area (TPSA) is 104 Å². The Balaban J connectivity index is -0.0000000322. The zero-order valence-electron chi connectivity index (χ0n) is 10.0. The molecule has 0 spiro atoms. The molecule has 0 heterocycles. The molecular formula is C11H36N4. The third-order valence-electron chi connectivity index (χ3n) is 0. The first-order chi connectivity index (χ1) is 5.41. The maximum atomic E-state index is 5.35. The Kier molecular flexibility index (Phi) is 27.1. The van der Waals surface area contributed by atoms with Crippen LogP contribution in [0.1, 0.15) is 56.4 Å². The van der Waals surface area contributed by atoms with E-state index in [1.807, 2.05) is 41.5 Å². The summed E-state index contributed by atoms with van der Waals surface area (Å²) in [7, 11) is 0. The van der Waals surface area contributed by atoms with Crippen molar-refractivity contribution in [3.05, 3.63) is 0 Å². The van der Waals surface area contributed by atoms with Gasteiger partial charge in [-0.3, -0.25) is 0 Å². The van der Waals surface area contributed by atoms with Crippen LogP contribution in [-0.4, -0.2) is 17.7 Å². The van der Waals surface area contributed by atoms with Crippen molar-refractivity contribution in [3.63, 3.8) is 0 Å². The molecule has 0 saturated heterocycles. The van der Waals surface area contributed by atoms with Crippen LogP contribution in [0.3, 0.4) is 0 Å². The van der Waals surface area contributed by atoms with Gasteiger partial charge in [-0.15, -0.1) is 0 Å². The summed E-state index contributed by atoms with van der Waals surface area (Å²) in [6.07, 6.45) is 0. The normalized spacial score (nSPS) is 9.20. The summed E-state index contributed by atoms with van der Waals surface area (Å²) in [5.74, 6) is 0. The highest BCUT2D eigenvalue weighted by atomic mass is 14.7. The molecule has 15 heavy (non-hydrogen) atoms. The standard InChI is InChI=1S/2C4H11N.CH6N2.2CH4/c2*1-4(2,3)5;2-1-3;;/h2*5H2,1-3H3;1-3H2;2*1H4. The van der Waals surface area contributed by atoms with Gasteiger partial charge in [0.2, 0.25) is 0 Å². The summed E-state index contributed by atoms with van der Waals surface area (Å²) < 4.78 is 0. The van der Waals surface area contributed by atoms with E-state index in [4.69, 9.17) is 11.5 Å². The Morgan fingerprint density at radius 2 is 0.667 bits per heavy atom. The molecule has 0 aromatic carbocycles. The Labute approximate surface area is 97.8 Å². The lowest BCUT2D eigenvalue weighted by Crippen LogP contribution is -2.26. The summed E-state index contributed by atoms with van der Waals surface area (Å²) in [6.45, 7) is 12.0. The van der Waals surface area contributed by atoms with Crippen LogP contribution in [0.2, 0.25) is 0 Å². The Morgan fingerprint density at radius 1 is 0.667 bits per heavy atom. The fraction of sp³-hybridized carbons (Fsp3) is 1.00. The summed E-state index contributed by atoms with van der Waals surface area (Å²) in [4.78, 5) is 0. The predicted octanol–water partition coefficient (Wildman–Crippen LogP) is 1.62. The van der Waals surface area contributed by atoms with Gasteiger partial charge in [0, 0.05) is 17.7 Å². The summed E-state index contributed by atoms with van der Waals surface area (Å²) in [5, 5.41) is 0. The van der Waals surface area contributed by atoms with Crippen LogP contribution in [0, 0.1) is 0 Å². The van der Waals surface area contributed by atoms with Gasteiger partial charge in [0.15, 0.2) is 0 Å². The van der Waals surface area contributed by atoms with Crippen LogP contribution in [0.5, 0.6) is 0 Å². The third-order valence-corrected chi connectivity index (χ3v) is 0. The molecule has 0 aliphatic rings. The second kappa shape index (κ2) is 13.8. The summed E-state index contributed by atoms with van der Waals surface area (Å²) in [5.41, 5.74) is 20.0. The van der Waals surface area contributed by atoms with E-state index in [1.54, 1.807) is 0 Å². The van der Waals surface area contributed by atoms with E-state index in [0.717, 1.165) is 0 Å². The molecule has 0 bridgehead atoms. The summed E-state index contributed by atoms with van der Waals surface area (Å²) in [6, 6.07) is 0. The first-order valence-corrected chi connectivity index (χ1v) is 4.39. The van der Waals surface area contributed by atoms with Gasteiger partial charge in [-0.05, 0) is 41.5 Å². The Morgan fingerprint density at radius 3 is 0.667 bits per heavy atom. The molecule has 8 N–H and O–H groups in total. The fourth-order valence-electron chi connectivity index (χ4n) is 0. The molecule has 0 fully saturated rings. The highest BCUT2D eigenvalue weighted by Crippen LogP contribution is 1.88. The molecule has 0 amide bonds. The minimum Gasteiger partial charge on any atom is -0.326 e. The molecule has 4 heteroatoms. The monoisotopic (exact) mass is 224 g/mol. The van der Waals surface area contributed by atoms with E-state index in [-0.39, 0.29) is 32.6 Å². The van der Waals surface area contributed by atoms with Gasteiger partial charge in [-0.2, -0.15) is 0 Å². The maximum absolute atomic E-state index is 5.35. The van der Waals surface area contributed by atoms with Gasteiger partial charge in [0.05, 0.1) is 0 Å². The van der Waals surface area contributed by atoms with E-state index < -0.39 is 0 Å². The van der Waals surface area contributed by atoms with Crippen molar-refractivity contribution in [2.45, 2.75) is 67.5 Å². The predicted molar refractivity (Wildman–Crippen MR) is 74.6 cm³/mol.